The average molecular weight is 194 g/mol. The van der Waals surface area contributed by atoms with E-state index in [1.54, 1.807) is 4.31 Å². The van der Waals surface area contributed by atoms with E-state index in [4.69, 9.17) is 0 Å². The Balaban J connectivity index is 2.66. The Bertz CT molecular complexity index is 455. The molecule has 0 aromatic heterocycles. The highest BCUT2D eigenvalue weighted by molar-refractivity contribution is 7.81. The zero-order chi connectivity index (χ0) is 9.26. The highest BCUT2D eigenvalue weighted by Crippen LogP contribution is 1.98. The number of fused-ring (bicyclic) bond motifs is 1. The normalized spacial score (nSPS) is 20.1. The van der Waals surface area contributed by atoms with E-state index < -0.39 is 11.2 Å². The van der Waals surface area contributed by atoms with Gasteiger partial charge in [0, 0.05) is 18.0 Å². The number of benzene rings is 1. The minimum atomic E-state index is -1.24. The molecule has 4 heteroatoms. The molecular weight excluding hydrogens is 184 g/mol. The molecule has 13 heavy (non-hydrogen) atoms. The smallest absolute Gasteiger partial charge is 0.245 e. The summed E-state index contributed by atoms with van der Waals surface area (Å²) in [7, 11) is 0. The van der Waals surface area contributed by atoms with Crippen molar-refractivity contribution < 1.29 is 4.21 Å². The molecule has 0 saturated carbocycles. The molecule has 0 aliphatic carbocycles. The molecule has 0 radical (unpaired) electrons. The summed E-state index contributed by atoms with van der Waals surface area (Å²) in [5, 5.41) is 1.84. The Morgan fingerprint density at radius 2 is 2.23 bits per heavy atom. The van der Waals surface area contributed by atoms with Crippen molar-refractivity contribution in [1.29, 1.82) is 0 Å². The topological polar surface area (TPSA) is 32.7 Å². The van der Waals surface area contributed by atoms with E-state index in [9.17, 15) is 4.21 Å². The van der Waals surface area contributed by atoms with Crippen LogP contribution in [-0.2, 0) is 11.2 Å². The van der Waals surface area contributed by atoms with E-state index in [0.29, 0.717) is 6.54 Å². The Labute approximate surface area is 79.1 Å². The molecule has 1 atom stereocenters. The van der Waals surface area contributed by atoms with E-state index >= 15 is 0 Å². The van der Waals surface area contributed by atoms with Crippen molar-refractivity contribution in [3.05, 3.63) is 34.8 Å². The van der Waals surface area contributed by atoms with Gasteiger partial charge in [0.15, 0.2) is 0 Å². The first kappa shape index (κ1) is 8.44. The maximum absolute atomic E-state index is 11.4. The molecule has 0 fully saturated rings. The fourth-order valence-corrected chi connectivity index (χ4v) is 2.08. The van der Waals surface area contributed by atoms with Crippen LogP contribution in [-0.4, -0.2) is 15.1 Å². The summed E-state index contributed by atoms with van der Waals surface area (Å²) in [6.45, 7) is 2.67. The van der Waals surface area contributed by atoms with Crippen molar-refractivity contribution in [2.75, 3.05) is 6.54 Å². The molecule has 3 nitrogen and oxygen atoms in total. The van der Waals surface area contributed by atoms with Crippen molar-refractivity contribution in [3.63, 3.8) is 0 Å². The molecule has 1 heterocycles. The molecule has 0 N–H and O–H groups in total. The molecular formula is C9H10N2OS. The van der Waals surface area contributed by atoms with Gasteiger partial charge in [-0.05, 0) is 13.0 Å². The minimum Gasteiger partial charge on any atom is -0.280 e. The molecule has 0 amide bonds. The van der Waals surface area contributed by atoms with Crippen LogP contribution in [0.5, 0.6) is 0 Å². The molecule has 0 bridgehead atoms. The summed E-state index contributed by atoms with van der Waals surface area (Å²) < 4.78 is 17.2. The summed E-state index contributed by atoms with van der Waals surface area (Å²) in [4.78, 5) is 0. The van der Waals surface area contributed by atoms with Gasteiger partial charge in [0.05, 0.1) is 5.36 Å². The standard InChI is InChI=1S/C9H10N2OS/c1-2-11-7-8-5-3-4-6-9(8)10-13(11)12/h3-7H,2H2,1H3. The van der Waals surface area contributed by atoms with E-state index in [1.807, 2.05) is 37.4 Å². The van der Waals surface area contributed by atoms with Gasteiger partial charge in [-0.1, -0.05) is 18.2 Å². The SMILES string of the molecule is CCN1C=c2ccccc2=NS1=O. The highest BCUT2D eigenvalue weighted by Gasteiger charge is 2.08. The third-order valence-corrected chi connectivity index (χ3v) is 3.03. The molecule has 0 spiro atoms. The van der Waals surface area contributed by atoms with Crippen LogP contribution in [0.3, 0.4) is 0 Å². The van der Waals surface area contributed by atoms with Crippen molar-refractivity contribution in [3.8, 4) is 0 Å². The first-order valence-corrected chi connectivity index (χ1v) is 5.22. The summed E-state index contributed by atoms with van der Waals surface area (Å²) in [5.74, 6) is 0. The second-order valence-electron chi connectivity index (χ2n) is 2.74. The van der Waals surface area contributed by atoms with Crippen LogP contribution in [0.4, 0.5) is 0 Å². The molecule has 0 saturated heterocycles. The van der Waals surface area contributed by atoms with Crippen LogP contribution in [0.1, 0.15) is 6.92 Å². The number of nitrogens with zero attached hydrogens (tertiary/aromatic N) is 2. The van der Waals surface area contributed by atoms with Crippen LogP contribution in [0.25, 0.3) is 6.20 Å². The first-order chi connectivity index (χ1) is 6.31. The largest absolute Gasteiger partial charge is 0.280 e. The first-order valence-electron chi connectivity index (χ1n) is 4.15. The predicted molar refractivity (Wildman–Crippen MR) is 52.2 cm³/mol. The van der Waals surface area contributed by atoms with Gasteiger partial charge in [-0.2, -0.15) is 4.40 Å². The predicted octanol–water partition coefficient (Wildman–Crippen LogP) is -0.0416. The van der Waals surface area contributed by atoms with Crippen molar-refractivity contribution >= 4 is 17.4 Å². The van der Waals surface area contributed by atoms with Gasteiger partial charge < -0.3 is 0 Å². The maximum Gasteiger partial charge on any atom is 0.245 e. The van der Waals surface area contributed by atoms with Gasteiger partial charge in [-0.3, -0.25) is 4.31 Å². The van der Waals surface area contributed by atoms with E-state index in [0.717, 1.165) is 10.6 Å². The third-order valence-electron chi connectivity index (χ3n) is 1.91. The van der Waals surface area contributed by atoms with Crippen LogP contribution >= 0.6 is 0 Å². The van der Waals surface area contributed by atoms with Crippen LogP contribution in [0.2, 0.25) is 0 Å². The fraction of sp³-hybridized carbons (Fsp3) is 0.222. The lowest BCUT2D eigenvalue weighted by atomic mass is 10.3. The van der Waals surface area contributed by atoms with Crippen molar-refractivity contribution in [2.45, 2.75) is 6.92 Å². The van der Waals surface area contributed by atoms with E-state index in [2.05, 4.69) is 4.40 Å². The lowest BCUT2D eigenvalue weighted by Gasteiger charge is -2.15. The number of hydrogen-bond acceptors (Lipinski definition) is 1. The highest BCUT2D eigenvalue weighted by atomic mass is 32.2. The van der Waals surface area contributed by atoms with Gasteiger partial charge in [-0.15, -0.1) is 0 Å². The Hall–Kier alpha value is -1.16. The van der Waals surface area contributed by atoms with Gasteiger partial charge >= 0.3 is 0 Å². The van der Waals surface area contributed by atoms with Gasteiger partial charge in [0.1, 0.15) is 0 Å². The summed E-state index contributed by atoms with van der Waals surface area (Å²) >= 11 is -1.24. The molecule has 1 aliphatic rings. The van der Waals surface area contributed by atoms with E-state index in [-0.39, 0.29) is 0 Å². The quantitative estimate of drug-likeness (QED) is 0.617. The zero-order valence-corrected chi connectivity index (χ0v) is 8.12. The Kier molecular flexibility index (Phi) is 2.14. The van der Waals surface area contributed by atoms with E-state index in [1.165, 1.54) is 0 Å². The van der Waals surface area contributed by atoms with Crippen LogP contribution in [0.15, 0.2) is 28.7 Å². The molecule has 1 aromatic rings. The van der Waals surface area contributed by atoms with Gasteiger partial charge in [0.2, 0.25) is 11.2 Å². The van der Waals surface area contributed by atoms with Gasteiger partial charge in [0.25, 0.3) is 0 Å². The third kappa shape index (κ3) is 1.49. The minimum absolute atomic E-state index is 0.713. The monoisotopic (exact) mass is 194 g/mol. The second kappa shape index (κ2) is 3.30. The van der Waals surface area contributed by atoms with Gasteiger partial charge in [-0.25, -0.2) is 4.21 Å². The fourth-order valence-electron chi connectivity index (χ4n) is 1.22. The van der Waals surface area contributed by atoms with Crippen LogP contribution < -0.4 is 10.6 Å². The lowest BCUT2D eigenvalue weighted by molar-refractivity contribution is 0.607. The molecule has 1 aromatic carbocycles. The number of hydrogen-bond donors (Lipinski definition) is 0. The Morgan fingerprint density at radius 3 is 3.00 bits per heavy atom. The molecule has 68 valence electrons. The maximum atomic E-state index is 11.4. The van der Waals surface area contributed by atoms with Crippen LogP contribution in [0, 0.1) is 0 Å². The lowest BCUT2D eigenvalue weighted by Crippen LogP contribution is -2.35. The summed E-state index contributed by atoms with van der Waals surface area (Å²) in [6, 6.07) is 7.69. The van der Waals surface area contributed by atoms with Crippen molar-refractivity contribution in [1.82, 2.24) is 4.31 Å². The van der Waals surface area contributed by atoms with Crippen molar-refractivity contribution in [2.24, 2.45) is 4.40 Å². The molecule has 1 unspecified atom stereocenters. The zero-order valence-electron chi connectivity index (χ0n) is 7.30. The summed E-state index contributed by atoms with van der Waals surface area (Å²) in [5.41, 5.74) is 0. The molecule has 1 aliphatic heterocycles. The summed E-state index contributed by atoms with van der Waals surface area (Å²) in [6.07, 6.45) is 1.89. The number of rotatable bonds is 1. The Morgan fingerprint density at radius 1 is 1.46 bits per heavy atom. The molecule has 2 rings (SSSR count). The average Bonchev–Trinajstić information content (AvgIpc) is 2.17. The second-order valence-corrected chi connectivity index (χ2v) is 3.86.